The van der Waals surface area contributed by atoms with Crippen molar-refractivity contribution in [2.24, 2.45) is 5.73 Å². The number of hydrogen-bond donors (Lipinski definition) is 4. The third-order valence-corrected chi connectivity index (χ3v) is 5.74. The summed E-state index contributed by atoms with van der Waals surface area (Å²) in [5.74, 6) is -0.564. The van der Waals surface area contributed by atoms with Gasteiger partial charge in [-0.25, -0.2) is 4.98 Å². The molecule has 0 unspecified atom stereocenters. The summed E-state index contributed by atoms with van der Waals surface area (Å²) >= 11 is 1.42. The minimum atomic E-state index is -0.326. The van der Waals surface area contributed by atoms with Crippen LogP contribution in [0.5, 0.6) is 0 Å². The van der Waals surface area contributed by atoms with Gasteiger partial charge >= 0.3 is 0 Å². The molecule has 1 aromatic heterocycles. The molecule has 0 saturated heterocycles. The molecule has 1 aromatic carbocycles. The first-order chi connectivity index (χ1) is 15.9. The van der Waals surface area contributed by atoms with Gasteiger partial charge in [0.15, 0.2) is 5.13 Å². The van der Waals surface area contributed by atoms with Crippen molar-refractivity contribution in [3.05, 3.63) is 34.3 Å². The Morgan fingerprint density at radius 3 is 2.52 bits per heavy atom. The first kappa shape index (κ1) is 26.7. The first-order valence-electron chi connectivity index (χ1n) is 11.2. The minimum Gasteiger partial charge on any atom is -0.385 e. The number of nitrogens with two attached hydrogens (primary N) is 1. The number of anilines is 3. The SMILES string of the molecule is CCCCNc1ccc(C(=O)Nc2nc(C)c(C)s2)c(NC(=O)CCOCCOCCN)c1. The second-order valence-corrected chi connectivity index (χ2v) is 8.67. The van der Waals surface area contributed by atoms with E-state index >= 15 is 0 Å². The number of aryl methyl sites for hydroxylation is 2. The number of aromatic nitrogens is 1. The zero-order valence-corrected chi connectivity index (χ0v) is 20.5. The molecule has 9 nitrogen and oxygen atoms in total. The summed E-state index contributed by atoms with van der Waals surface area (Å²) in [6, 6.07) is 5.32. The molecule has 0 saturated carbocycles. The number of ether oxygens (including phenoxy) is 2. The summed E-state index contributed by atoms with van der Waals surface area (Å²) in [5.41, 5.74) is 7.88. The maximum Gasteiger partial charge on any atom is 0.259 e. The first-order valence-corrected chi connectivity index (χ1v) is 12.0. The molecule has 2 amide bonds. The van der Waals surface area contributed by atoms with Crippen molar-refractivity contribution in [2.45, 2.75) is 40.0 Å². The van der Waals surface area contributed by atoms with E-state index in [4.69, 9.17) is 15.2 Å². The molecule has 0 aliphatic carbocycles. The van der Waals surface area contributed by atoms with Crippen LogP contribution in [0.15, 0.2) is 18.2 Å². The quantitative estimate of drug-likeness (QED) is 0.289. The van der Waals surface area contributed by atoms with E-state index in [0.717, 1.165) is 35.6 Å². The lowest BCUT2D eigenvalue weighted by atomic mass is 10.1. The molecule has 0 radical (unpaired) electrons. The summed E-state index contributed by atoms with van der Waals surface area (Å²) in [5, 5.41) is 9.53. The maximum atomic E-state index is 12.9. The lowest BCUT2D eigenvalue weighted by molar-refractivity contribution is -0.117. The summed E-state index contributed by atoms with van der Waals surface area (Å²) in [6.45, 7) is 8.82. The Morgan fingerprint density at radius 1 is 1.09 bits per heavy atom. The predicted molar refractivity (Wildman–Crippen MR) is 133 cm³/mol. The van der Waals surface area contributed by atoms with Gasteiger partial charge in [-0.1, -0.05) is 13.3 Å². The van der Waals surface area contributed by atoms with Crippen LogP contribution in [0, 0.1) is 13.8 Å². The van der Waals surface area contributed by atoms with E-state index in [1.54, 1.807) is 12.1 Å². The maximum absolute atomic E-state index is 12.9. The Hall–Kier alpha value is -2.53. The second kappa shape index (κ2) is 14.6. The lowest BCUT2D eigenvalue weighted by Crippen LogP contribution is -2.20. The van der Waals surface area contributed by atoms with Crippen LogP contribution in [-0.2, 0) is 14.3 Å². The van der Waals surface area contributed by atoms with E-state index in [-0.39, 0.29) is 24.8 Å². The third-order valence-electron chi connectivity index (χ3n) is 4.75. The molecule has 2 rings (SSSR count). The highest BCUT2D eigenvalue weighted by Crippen LogP contribution is 2.25. The highest BCUT2D eigenvalue weighted by atomic mass is 32.1. The number of nitrogens with one attached hydrogen (secondary N) is 3. The smallest absolute Gasteiger partial charge is 0.259 e. The summed E-state index contributed by atoms with van der Waals surface area (Å²) in [4.78, 5) is 30.8. The van der Waals surface area contributed by atoms with E-state index in [2.05, 4.69) is 27.9 Å². The fourth-order valence-corrected chi connectivity index (χ4v) is 3.65. The van der Waals surface area contributed by atoms with Gasteiger partial charge in [0.25, 0.3) is 5.91 Å². The number of rotatable bonds is 15. The molecule has 5 N–H and O–H groups in total. The molecule has 0 spiro atoms. The molecule has 2 aromatic rings. The van der Waals surface area contributed by atoms with Gasteiger partial charge in [0, 0.05) is 23.7 Å². The predicted octanol–water partition coefficient (Wildman–Crippen LogP) is 3.54. The van der Waals surface area contributed by atoms with E-state index in [0.29, 0.717) is 42.7 Å². The number of thiazole rings is 1. The lowest BCUT2D eigenvalue weighted by Gasteiger charge is -2.14. The highest BCUT2D eigenvalue weighted by Gasteiger charge is 2.16. The molecule has 1 heterocycles. The molecule has 0 aliphatic rings. The molecule has 33 heavy (non-hydrogen) atoms. The Labute approximate surface area is 199 Å². The molecular formula is C23H35N5O4S. The van der Waals surface area contributed by atoms with Gasteiger partial charge in [-0.05, 0) is 38.5 Å². The van der Waals surface area contributed by atoms with Gasteiger partial charge in [-0.3, -0.25) is 14.9 Å². The van der Waals surface area contributed by atoms with Crippen molar-refractivity contribution >= 4 is 39.7 Å². The van der Waals surface area contributed by atoms with E-state index < -0.39 is 0 Å². The number of benzene rings is 1. The van der Waals surface area contributed by atoms with Gasteiger partial charge in [0.1, 0.15) is 0 Å². The third kappa shape index (κ3) is 9.47. The van der Waals surface area contributed by atoms with Crippen LogP contribution in [0.3, 0.4) is 0 Å². The number of unbranched alkanes of at least 4 members (excludes halogenated alkanes) is 1. The molecule has 0 fully saturated rings. The van der Waals surface area contributed by atoms with Crippen LogP contribution in [0.4, 0.5) is 16.5 Å². The van der Waals surface area contributed by atoms with Gasteiger partial charge in [0.05, 0.1) is 49.8 Å². The number of hydrogen-bond acceptors (Lipinski definition) is 8. The Morgan fingerprint density at radius 2 is 1.85 bits per heavy atom. The van der Waals surface area contributed by atoms with Crippen LogP contribution < -0.4 is 21.7 Å². The van der Waals surface area contributed by atoms with Crippen molar-refractivity contribution < 1.29 is 19.1 Å². The monoisotopic (exact) mass is 477 g/mol. The van der Waals surface area contributed by atoms with E-state index in [9.17, 15) is 9.59 Å². The zero-order valence-electron chi connectivity index (χ0n) is 19.7. The zero-order chi connectivity index (χ0) is 24.1. The second-order valence-electron chi connectivity index (χ2n) is 7.47. The van der Waals surface area contributed by atoms with Gasteiger partial charge in [-0.15, -0.1) is 11.3 Å². The molecule has 0 aliphatic heterocycles. The number of carbonyl (C=O) groups excluding carboxylic acids is 2. The normalized spacial score (nSPS) is 10.8. The van der Waals surface area contributed by atoms with Crippen LogP contribution in [0.25, 0.3) is 0 Å². The average molecular weight is 478 g/mol. The van der Waals surface area contributed by atoms with Crippen molar-refractivity contribution in [3.8, 4) is 0 Å². The van der Waals surface area contributed by atoms with Crippen molar-refractivity contribution in [3.63, 3.8) is 0 Å². The molecule has 10 heteroatoms. The molecule has 0 bridgehead atoms. The highest BCUT2D eigenvalue weighted by molar-refractivity contribution is 7.15. The van der Waals surface area contributed by atoms with Crippen molar-refractivity contribution in [2.75, 3.05) is 55.5 Å². The van der Waals surface area contributed by atoms with Gasteiger partial charge < -0.3 is 25.8 Å². The van der Waals surface area contributed by atoms with Crippen molar-refractivity contribution in [1.29, 1.82) is 0 Å². The fraction of sp³-hybridized carbons (Fsp3) is 0.522. The molecular weight excluding hydrogens is 442 g/mol. The Bertz CT molecular complexity index is 883. The van der Waals surface area contributed by atoms with E-state index in [1.165, 1.54) is 11.3 Å². The standard InChI is InChI=1S/C23H35N5O4S/c1-4-5-10-25-18-6-7-19(22(30)28-23-26-16(2)17(3)33-23)20(15-18)27-21(29)8-11-31-13-14-32-12-9-24/h6-7,15,25H,4-5,8-14,24H2,1-3H3,(H,27,29)(H,26,28,30). The topological polar surface area (TPSA) is 128 Å². The Balaban J connectivity index is 2.02. The van der Waals surface area contributed by atoms with E-state index in [1.807, 2.05) is 19.9 Å². The van der Waals surface area contributed by atoms with Crippen LogP contribution in [0.2, 0.25) is 0 Å². The summed E-state index contributed by atoms with van der Waals surface area (Å²) in [7, 11) is 0. The minimum absolute atomic E-state index is 0.163. The fourth-order valence-electron chi connectivity index (χ4n) is 2.84. The number of amides is 2. The molecule has 182 valence electrons. The van der Waals surface area contributed by atoms with Crippen molar-refractivity contribution in [1.82, 2.24) is 4.98 Å². The Kier molecular flexibility index (Phi) is 11.8. The summed E-state index contributed by atoms with van der Waals surface area (Å²) in [6.07, 6.45) is 2.26. The molecule has 0 atom stereocenters. The van der Waals surface area contributed by atoms with Gasteiger partial charge in [0.2, 0.25) is 5.91 Å². The largest absolute Gasteiger partial charge is 0.385 e. The van der Waals surface area contributed by atoms with Crippen LogP contribution in [-0.4, -0.2) is 56.3 Å². The average Bonchev–Trinajstić information content (AvgIpc) is 3.10. The summed E-state index contributed by atoms with van der Waals surface area (Å²) < 4.78 is 10.7. The van der Waals surface area contributed by atoms with Crippen LogP contribution in [0.1, 0.15) is 47.1 Å². The number of nitrogens with zero attached hydrogens (tertiary/aromatic N) is 1. The van der Waals surface area contributed by atoms with Crippen LogP contribution >= 0.6 is 11.3 Å². The number of carbonyl (C=O) groups is 2. The van der Waals surface area contributed by atoms with Gasteiger partial charge in [-0.2, -0.15) is 0 Å².